The number of hydrogen-bond donors (Lipinski definition) is 1. The third-order valence-electron chi connectivity index (χ3n) is 4.51. The van der Waals surface area contributed by atoms with Crippen molar-refractivity contribution in [1.82, 2.24) is 9.88 Å². The molecule has 1 aliphatic rings. The molecule has 9 heteroatoms. The Morgan fingerprint density at radius 1 is 1.14 bits per heavy atom. The summed E-state index contributed by atoms with van der Waals surface area (Å²) < 4.78 is 46.9. The number of nitrogens with zero attached hydrogens (tertiary/aromatic N) is 2. The van der Waals surface area contributed by atoms with Crippen LogP contribution < -0.4 is 10.1 Å². The second kappa shape index (κ2) is 7.67. The van der Waals surface area contributed by atoms with Crippen molar-refractivity contribution in [3.8, 4) is 5.19 Å². The largest absolute Gasteiger partial charge is 0.467 e. The molecule has 1 N–H and O–H groups in total. The van der Waals surface area contributed by atoms with Gasteiger partial charge in [0.05, 0.1) is 10.4 Å². The van der Waals surface area contributed by atoms with Gasteiger partial charge >= 0.3 is 6.03 Å². The number of thiazole rings is 1. The van der Waals surface area contributed by atoms with E-state index in [9.17, 15) is 18.0 Å². The van der Waals surface area contributed by atoms with Crippen molar-refractivity contribution in [2.24, 2.45) is 0 Å². The minimum absolute atomic E-state index is 0.0862. The van der Waals surface area contributed by atoms with Crippen LogP contribution in [0.2, 0.25) is 0 Å². The molecule has 2 aromatic carbocycles. The molecule has 0 atom stereocenters. The highest BCUT2D eigenvalue weighted by molar-refractivity contribution is 7.20. The Kier molecular flexibility index (Phi) is 5.08. The van der Waals surface area contributed by atoms with E-state index in [2.05, 4.69) is 10.3 Å². The Morgan fingerprint density at radius 3 is 2.64 bits per heavy atom. The highest BCUT2D eigenvalue weighted by Gasteiger charge is 2.25. The number of aromatic nitrogens is 1. The maximum atomic E-state index is 13.8. The standard InChI is InChI=1S/C19H16F3N3O2S/c20-11-9-14(22)17-16(10-11)28-19(24-17)27-12-5-7-25(8-6-12)18(26)23-15-4-2-1-3-13(15)21/h1-4,9-10,12H,5-8H2,(H,23,26). The fraction of sp³-hybridized carbons (Fsp3) is 0.263. The predicted molar refractivity (Wildman–Crippen MR) is 100 cm³/mol. The summed E-state index contributed by atoms with van der Waals surface area (Å²) in [5.41, 5.74) is 0.220. The molecule has 5 nitrogen and oxygen atoms in total. The lowest BCUT2D eigenvalue weighted by Crippen LogP contribution is -2.43. The summed E-state index contributed by atoms with van der Waals surface area (Å²) in [5.74, 6) is -1.87. The molecule has 3 aromatic rings. The van der Waals surface area contributed by atoms with Gasteiger partial charge in [0.2, 0.25) is 0 Å². The first kappa shape index (κ1) is 18.5. The molecule has 0 bridgehead atoms. The van der Waals surface area contributed by atoms with Gasteiger partial charge in [0.1, 0.15) is 23.3 Å². The zero-order valence-electron chi connectivity index (χ0n) is 14.6. The maximum Gasteiger partial charge on any atom is 0.321 e. The van der Waals surface area contributed by atoms with Gasteiger partial charge in [-0.25, -0.2) is 18.0 Å². The van der Waals surface area contributed by atoms with E-state index in [1.165, 1.54) is 18.2 Å². The van der Waals surface area contributed by atoms with E-state index in [-0.39, 0.29) is 28.5 Å². The first-order valence-electron chi connectivity index (χ1n) is 8.72. The summed E-state index contributed by atoms with van der Waals surface area (Å²) >= 11 is 1.08. The molecule has 0 saturated carbocycles. The lowest BCUT2D eigenvalue weighted by Gasteiger charge is -2.31. The van der Waals surface area contributed by atoms with Crippen molar-refractivity contribution in [3.05, 3.63) is 53.8 Å². The van der Waals surface area contributed by atoms with Crippen molar-refractivity contribution in [2.45, 2.75) is 18.9 Å². The average molecular weight is 407 g/mol. The fourth-order valence-electron chi connectivity index (χ4n) is 3.06. The number of carbonyl (C=O) groups excluding carboxylic acids is 1. The number of halogens is 3. The number of likely N-dealkylation sites (tertiary alicyclic amines) is 1. The smallest absolute Gasteiger partial charge is 0.321 e. The lowest BCUT2D eigenvalue weighted by molar-refractivity contribution is 0.115. The topological polar surface area (TPSA) is 54.5 Å². The second-order valence-electron chi connectivity index (χ2n) is 6.43. The van der Waals surface area contributed by atoms with Gasteiger partial charge in [-0.05, 0) is 18.2 Å². The van der Waals surface area contributed by atoms with Crippen LogP contribution in [0.25, 0.3) is 10.2 Å². The molecule has 1 saturated heterocycles. The molecule has 0 aliphatic carbocycles. The van der Waals surface area contributed by atoms with Gasteiger partial charge in [-0.3, -0.25) is 0 Å². The van der Waals surface area contributed by atoms with Crippen molar-refractivity contribution in [3.63, 3.8) is 0 Å². The zero-order valence-corrected chi connectivity index (χ0v) is 15.4. The van der Waals surface area contributed by atoms with Crippen LogP contribution in [0.5, 0.6) is 5.19 Å². The number of benzene rings is 2. The Bertz CT molecular complexity index is 1020. The molecular formula is C19H16F3N3O2S. The number of rotatable bonds is 3. The Labute approximate surface area is 162 Å². The SMILES string of the molecule is O=C(Nc1ccccc1F)N1CCC(Oc2nc3c(F)cc(F)cc3s2)CC1. The summed E-state index contributed by atoms with van der Waals surface area (Å²) in [4.78, 5) is 18.0. The number of ether oxygens (including phenoxy) is 1. The highest BCUT2D eigenvalue weighted by Crippen LogP contribution is 2.32. The molecule has 28 heavy (non-hydrogen) atoms. The average Bonchev–Trinajstić information content (AvgIpc) is 3.07. The fourth-order valence-corrected chi connectivity index (χ4v) is 3.98. The normalized spacial score (nSPS) is 15.0. The van der Waals surface area contributed by atoms with Crippen LogP contribution in [0.4, 0.5) is 23.7 Å². The van der Waals surface area contributed by atoms with Crippen LogP contribution in [0.1, 0.15) is 12.8 Å². The van der Waals surface area contributed by atoms with Crippen molar-refractivity contribution < 1.29 is 22.7 Å². The van der Waals surface area contributed by atoms with Crippen molar-refractivity contribution in [2.75, 3.05) is 18.4 Å². The number of fused-ring (bicyclic) bond motifs is 1. The molecule has 0 radical (unpaired) electrons. The molecule has 146 valence electrons. The highest BCUT2D eigenvalue weighted by atomic mass is 32.1. The van der Waals surface area contributed by atoms with Crippen LogP contribution in [0.3, 0.4) is 0 Å². The summed E-state index contributed by atoms with van der Waals surface area (Å²) in [6.45, 7) is 0.859. The summed E-state index contributed by atoms with van der Waals surface area (Å²) in [6.07, 6.45) is 0.917. The number of amides is 2. The van der Waals surface area contributed by atoms with Gasteiger partial charge in [0.25, 0.3) is 5.19 Å². The summed E-state index contributed by atoms with van der Waals surface area (Å²) in [7, 11) is 0. The number of carbonyl (C=O) groups is 1. The zero-order chi connectivity index (χ0) is 19.7. The third-order valence-corrected chi connectivity index (χ3v) is 5.40. The number of hydrogen-bond acceptors (Lipinski definition) is 4. The van der Waals surface area contributed by atoms with E-state index in [4.69, 9.17) is 4.74 Å². The molecule has 2 amide bonds. The van der Waals surface area contributed by atoms with Crippen molar-refractivity contribution >= 4 is 33.3 Å². The minimum atomic E-state index is -0.722. The Balaban J connectivity index is 1.35. The third kappa shape index (κ3) is 3.89. The molecule has 1 fully saturated rings. The van der Waals surface area contributed by atoms with Crippen LogP contribution in [0, 0.1) is 17.5 Å². The molecule has 1 aromatic heterocycles. The van der Waals surface area contributed by atoms with Gasteiger partial charge in [-0.1, -0.05) is 23.5 Å². The number of nitrogens with one attached hydrogen (secondary N) is 1. The molecule has 4 rings (SSSR count). The van der Waals surface area contributed by atoms with Crippen LogP contribution >= 0.6 is 11.3 Å². The van der Waals surface area contributed by atoms with E-state index in [1.54, 1.807) is 17.0 Å². The van der Waals surface area contributed by atoms with Crippen molar-refractivity contribution in [1.29, 1.82) is 0 Å². The van der Waals surface area contributed by atoms with Gasteiger partial charge in [-0.2, -0.15) is 4.98 Å². The van der Waals surface area contributed by atoms with Crippen LogP contribution in [-0.2, 0) is 0 Å². The molecule has 1 aliphatic heterocycles. The van der Waals surface area contributed by atoms with E-state index in [1.807, 2.05) is 0 Å². The van der Waals surface area contributed by atoms with Gasteiger partial charge in [0, 0.05) is 32.0 Å². The number of piperidine rings is 1. The molecule has 0 unspecified atom stereocenters. The van der Waals surface area contributed by atoms with E-state index < -0.39 is 17.5 Å². The van der Waals surface area contributed by atoms with E-state index in [0.717, 1.165) is 17.4 Å². The van der Waals surface area contributed by atoms with Gasteiger partial charge in [-0.15, -0.1) is 0 Å². The first-order chi connectivity index (χ1) is 13.5. The molecule has 2 heterocycles. The monoisotopic (exact) mass is 407 g/mol. The van der Waals surface area contributed by atoms with Crippen LogP contribution in [-0.4, -0.2) is 35.1 Å². The summed E-state index contributed by atoms with van der Waals surface area (Å²) in [5, 5.41) is 2.83. The second-order valence-corrected chi connectivity index (χ2v) is 7.42. The number of anilines is 1. The maximum absolute atomic E-state index is 13.8. The molecular weight excluding hydrogens is 391 g/mol. The van der Waals surface area contributed by atoms with E-state index in [0.29, 0.717) is 30.6 Å². The Morgan fingerprint density at radius 2 is 1.89 bits per heavy atom. The number of para-hydroxylation sites is 1. The Hall–Kier alpha value is -2.81. The minimum Gasteiger partial charge on any atom is -0.467 e. The molecule has 0 spiro atoms. The quantitative estimate of drug-likeness (QED) is 0.679. The van der Waals surface area contributed by atoms with Gasteiger partial charge in [0.15, 0.2) is 5.82 Å². The van der Waals surface area contributed by atoms with Crippen LogP contribution in [0.15, 0.2) is 36.4 Å². The number of urea groups is 1. The van der Waals surface area contributed by atoms with E-state index >= 15 is 0 Å². The summed E-state index contributed by atoms with van der Waals surface area (Å²) in [6, 6.07) is 7.61. The lowest BCUT2D eigenvalue weighted by atomic mass is 10.1. The first-order valence-corrected chi connectivity index (χ1v) is 9.54. The predicted octanol–water partition coefficient (Wildman–Crippen LogP) is 4.79. The van der Waals surface area contributed by atoms with Gasteiger partial charge < -0.3 is 15.0 Å².